The maximum absolute atomic E-state index is 14.0. The van der Waals surface area contributed by atoms with Crippen LogP contribution >= 0.6 is 0 Å². The van der Waals surface area contributed by atoms with Crippen molar-refractivity contribution in [2.24, 2.45) is 11.8 Å². The molecule has 1 aromatic rings. The molecule has 0 radical (unpaired) electrons. The molecule has 1 aromatic carbocycles. The van der Waals surface area contributed by atoms with Gasteiger partial charge in [0, 0.05) is 12.1 Å². The summed E-state index contributed by atoms with van der Waals surface area (Å²) >= 11 is 0. The van der Waals surface area contributed by atoms with E-state index < -0.39 is 35.5 Å². The SMILES string of the molecule is C/C=C/C1CCC(CCC(F)(F)Oc2cc(F)c(C#N)c(F)c2)CC1. The van der Waals surface area contributed by atoms with Crippen LogP contribution in [0.1, 0.15) is 51.0 Å². The van der Waals surface area contributed by atoms with Gasteiger partial charge in [-0.2, -0.15) is 14.0 Å². The summed E-state index contributed by atoms with van der Waals surface area (Å²) < 4.78 is 59.3. The number of nitriles is 1. The van der Waals surface area contributed by atoms with E-state index in [4.69, 9.17) is 5.26 Å². The molecule has 25 heavy (non-hydrogen) atoms. The Morgan fingerprint density at radius 2 is 1.80 bits per heavy atom. The lowest BCUT2D eigenvalue weighted by Gasteiger charge is -2.28. The Kier molecular flexibility index (Phi) is 6.46. The number of nitrogens with zero attached hydrogens (tertiary/aromatic N) is 1. The summed E-state index contributed by atoms with van der Waals surface area (Å²) in [5, 5.41) is 8.58. The van der Waals surface area contributed by atoms with Crippen LogP contribution in [-0.4, -0.2) is 6.11 Å². The van der Waals surface area contributed by atoms with Crippen LogP contribution < -0.4 is 4.74 Å². The predicted octanol–water partition coefficient (Wildman–Crippen LogP) is 5.97. The van der Waals surface area contributed by atoms with E-state index in [0.29, 0.717) is 24.5 Å². The molecule has 0 N–H and O–H groups in total. The first-order chi connectivity index (χ1) is 11.8. The van der Waals surface area contributed by atoms with Gasteiger partial charge < -0.3 is 4.74 Å². The maximum Gasteiger partial charge on any atom is 0.397 e. The van der Waals surface area contributed by atoms with Crippen molar-refractivity contribution in [1.82, 2.24) is 0 Å². The molecule has 1 fully saturated rings. The van der Waals surface area contributed by atoms with Crippen LogP contribution in [0.5, 0.6) is 5.75 Å². The summed E-state index contributed by atoms with van der Waals surface area (Å²) in [5.41, 5.74) is -0.812. The van der Waals surface area contributed by atoms with E-state index >= 15 is 0 Å². The first-order valence-corrected chi connectivity index (χ1v) is 8.43. The molecule has 6 heteroatoms. The first-order valence-electron chi connectivity index (χ1n) is 8.43. The van der Waals surface area contributed by atoms with Crippen molar-refractivity contribution in [2.75, 3.05) is 0 Å². The average molecular weight is 355 g/mol. The fraction of sp³-hybridized carbons (Fsp3) is 0.526. The molecule has 136 valence electrons. The smallest absolute Gasteiger partial charge is 0.397 e. The minimum Gasteiger partial charge on any atom is -0.432 e. The lowest BCUT2D eigenvalue weighted by atomic mass is 9.80. The van der Waals surface area contributed by atoms with Crippen molar-refractivity contribution < 1.29 is 22.3 Å². The van der Waals surface area contributed by atoms with Crippen molar-refractivity contribution in [3.8, 4) is 11.8 Å². The Hall–Kier alpha value is -2.03. The highest BCUT2D eigenvalue weighted by Crippen LogP contribution is 2.35. The third-order valence-electron chi connectivity index (χ3n) is 4.59. The molecule has 0 saturated heterocycles. The number of hydrogen-bond acceptors (Lipinski definition) is 2. The second-order valence-electron chi connectivity index (χ2n) is 6.46. The molecule has 0 unspecified atom stereocenters. The third kappa shape index (κ3) is 5.48. The number of allylic oxidation sites excluding steroid dienone is 2. The fourth-order valence-corrected chi connectivity index (χ4v) is 3.25. The van der Waals surface area contributed by atoms with Crippen LogP contribution in [0.3, 0.4) is 0 Å². The Bertz CT molecular complexity index is 635. The molecular formula is C19H21F4NO. The fourth-order valence-electron chi connectivity index (χ4n) is 3.25. The normalized spacial score (nSPS) is 21.3. The first kappa shape index (κ1) is 19.3. The Morgan fingerprint density at radius 3 is 2.32 bits per heavy atom. The molecule has 2 nitrogen and oxygen atoms in total. The Morgan fingerprint density at radius 1 is 1.20 bits per heavy atom. The van der Waals surface area contributed by atoms with Crippen LogP contribution in [0, 0.1) is 34.8 Å². The second-order valence-corrected chi connectivity index (χ2v) is 6.46. The Balaban J connectivity index is 1.89. The molecule has 1 aliphatic rings. The van der Waals surface area contributed by atoms with Gasteiger partial charge in [-0.05, 0) is 50.9 Å². The average Bonchev–Trinajstić information content (AvgIpc) is 2.54. The molecule has 0 atom stereocenters. The molecule has 1 aliphatic carbocycles. The molecule has 2 rings (SSSR count). The summed E-state index contributed by atoms with van der Waals surface area (Å²) in [7, 11) is 0. The number of halogens is 4. The third-order valence-corrected chi connectivity index (χ3v) is 4.59. The predicted molar refractivity (Wildman–Crippen MR) is 86.1 cm³/mol. The summed E-state index contributed by atoms with van der Waals surface area (Å²) in [4.78, 5) is 0. The van der Waals surface area contributed by atoms with Gasteiger partial charge in [0.25, 0.3) is 0 Å². The monoisotopic (exact) mass is 355 g/mol. The van der Waals surface area contributed by atoms with Gasteiger partial charge in [0.05, 0.1) is 6.42 Å². The zero-order chi connectivity index (χ0) is 18.4. The summed E-state index contributed by atoms with van der Waals surface area (Å²) in [5.74, 6) is -2.30. The largest absolute Gasteiger partial charge is 0.432 e. The van der Waals surface area contributed by atoms with E-state index in [1.165, 1.54) is 6.07 Å². The summed E-state index contributed by atoms with van der Waals surface area (Å²) in [6.07, 6.45) is 4.24. The van der Waals surface area contributed by atoms with Crippen LogP contribution in [-0.2, 0) is 0 Å². The van der Waals surface area contributed by atoms with E-state index in [-0.39, 0.29) is 5.92 Å². The second kappa shape index (κ2) is 8.37. The molecule has 0 bridgehead atoms. The highest BCUT2D eigenvalue weighted by Gasteiger charge is 2.33. The molecule has 0 amide bonds. The quantitative estimate of drug-likeness (QED) is 0.465. The number of ether oxygens (including phenoxy) is 1. The lowest BCUT2D eigenvalue weighted by Crippen LogP contribution is -2.26. The highest BCUT2D eigenvalue weighted by molar-refractivity contribution is 5.37. The molecule has 0 heterocycles. The van der Waals surface area contributed by atoms with Crippen LogP contribution in [0.2, 0.25) is 0 Å². The van der Waals surface area contributed by atoms with E-state index in [1.807, 2.05) is 13.0 Å². The van der Waals surface area contributed by atoms with Crippen LogP contribution in [0.4, 0.5) is 17.6 Å². The van der Waals surface area contributed by atoms with E-state index in [9.17, 15) is 17.6 Å². The van der Waals surface area contributed by atoms with Gasteiger partial charge in [-0.1, -0.05) is 12.2 Å². The van der Waals surface area contributed by atoms with Gasteiger partial charge in [0.15, 0.2) is 0 Å². The Labute approximate surface area is 145 Å². The zero-order valence-electron chi connectivity index (χ0n) is 14.1. The van der Waals surface area contributed by atoms with Gasteiger partial charge in [-0.15, -0.1) is 0 Å². The minimum absolute atomic E-state index is 0.213. The van der Waals surface area contributed by atoms with Crippen molar-refractivity contribution in [3.05, 3.63) is 41.5 Å². The molecular weight excluding hydrogens is 334 g/mol. The van der Waals surface area contributed by atoms with Crippen molar-refractivity contribution in [2.45, 2.75) is 51.6 Å². The highest BCUT2D eigenvalue weighted by atomic mass is 19.3. The standard InChI is InChI=1S/C19H21F4NO/c1-2-3-13-4-6-14(7-5-13)8-9-19(22,23)25-15-10-17(20)16(12-24)18(21)11-15/h2-3,10-11,13-14H,4-9H2,1H3/b3-2+. The number of alkyl halides is 2. The minimum atomic E-state index is -3.51. The molecule has 0 aromatic heterocycles. The molecule has 0 spiro atoms. The van der Waals surface area contributed by atoms with Gasteiger partial charge in [-0.25, -0.2) is 8.78 Å². The van der Waals surface area contributed by atoms with Gasteiger partial charge in [0.2, 0.25) is 0 Å². The molecule has 1 saturated carbocycles. The van der Waals surface area contributed by atoms with E-state index in [0.717, 1.165) is 25.7 Å². The van der Waals surface area contributed by atoms with Gasteiger partial charge >= 0.3 is 6.11 Å². The summed E-state index contributed by atoms with van der Waals surface area (Å²) in [6.45, 7) is 1.97. The van der Waals surface area contributed by atoms with E-state index in [2.05, 4.69) is 10.8 Å². The lowest BCUT2D eigenvalue weighted by molar-refractivity contribution is -0.183. The number of rotatable bonds is 6. The maximum atomic E-state index is 14.0. The van der Waals surface area contributed by atoms with Crippen molar-refractivity contribution in [3.63, 3.8) is 0 Å². The van der Waals surface area contributed by atoms with Crippen LogP contribution in [0.15, 0.2) is 24.3 Å². The zero-order valence-corrected chi connectivity index (χ0v) is 14.1. The van der Waals surface area contributed by atoms with Gasteiger partial charge in [-0.3, -0.25) is 0 Å². The van der Waals surface area contributed by atoms with E-state index in [1.54, 1.807) is 0 Å². The topological polar surface area (TPSA) is 33.0 Å². The van der Waals surface area contributed by atoms with Crippen molar-refractivity contribution >= 4 is 0 Å². The van der Waals surface area contributed by atoms with Gasteiger partial charge in [0.1, 0.15) is 29.0 Å². The van der Waals surface area contributed by atoms with Crippen molar-refractivity contribution in [1.29, 1.82) is 5.26 Å². The summed E-state index contributed by atoms with van der Waals surface area (Å²) in [6, 6.07) is 2.55. The molecule has 0 aliphatic heterocycles. The van der Waals surface area contributed by atoms with Crippen LogP contribution in [0.25, 0.3) is 0 Å². The number of benzene rings is 1. The number of hydrogen-bond donors (Lipinski definition) is 0.